The van der Waals surface area contributed by atoms with Crippen molar-refractivity contribution >= 4 is 23.2 Å². The number of anilines is 2. The van der Waals surface area contributed by atoms with E-state index in [2.05, 4.69) is 15.6 Å². The Hall–Kier alpha value is -4.38. The van der Waals surface area contributed by atoms with Crippen molar-refractivity contribution in [3.63, 3.8) is 0 Å². The van der Waals surface area contributed by atoms with Crippen molar-refractivity contribution in [2.24, 2.45) is 0 Å². The molecule has 0 atom stereocenters. The molecule has 168 valence electrons. The summed E-state index contributed by atoms with van der Waals surface area (Å²) in [6.45, 7) is 3.46. The van der Waals surface area contributed by atoms with Crippen molar-refractivity contribution in [1.29, 1.82) is 5.26 Å². The number of hydrogen-bond donors (Lipinski definition) is 3. The number of carbonyl (C=O) groups excluding carboxylic acids is 2. The Labute approximate surface area is 191 Å². The highest BCUT2D eigenvalue weighted by atomic mass is 16.5. The Kier molecular flexibility index (Phi) is 7.26. The summed E-state index contributed by atoms with van der Waals surface area (Å²) in [6.07, 6.45) is 0.559. The molecule has 0 aliphatic rings. The van der Waals surface area contributed by atoms with E-state index >= 15 is 0 Å². The molecule has 3 aromatic rings. The minimum absolute atomic E-state index is 0.0676. The van der Waals surface area contributed by atoms with E-state index in [9.17, 15) is 19.6 Å². The number of pyridine rings is 1. The molecule has 0 saturated heterocycles. The van der Waals surface area contributed by atoms with Crippen LogP contribution in [0.4, 0.5) is 11.4 Å². The molecule has 8 nitrogen and oxygen atoms in total. The summed E-state index contributed by atoms with van der Waals surface area (Å²) < 4.78 is 5.24. The number of para-hydroxylation sites is 2. The molecule has 0 aliphatic heterocycles. The molecule has 2 amide bonds. The SMILES string of the molecule is COc1ccccc1NC(=O)c1ccc(NC(=O)CCc2c(C)[nH]c(=O)c(C#N)c2C)cc1. The van der Waals surface area contributed by atoms with Crippen LogP contribution >= 0.6 is 0 Å². The van der Waals surface area contributed by atoms with Gasteiger partial charge in [0.25, 0.3) is 11.5 Å². The van der Waals surface area contributed by atoms with Crippen molar-refractivity contribution in [1.82, 2.24) is 4.98 Å². The van der Waals surface area contributed by atoms with Crippen molar-refractivity contribution in [3.8, 4) is 11.8 Å². The van der Waals surface area contributed by atoms with Gasteiger partial charge in [0.2, 0.25) is 5.91 Å². The Bertz CT molecular complexity index is 1290. The lowest BCUT2D eigenvalue weighted by Gasteiger charge is -2.12. The number of methoxy groups -OCH3 is 1. The summed E-state index contributed by atoms with van der Waals surface area (Å²) in [5.41, 5.74) is 3.23. The summed E-state index contributed by atoms with van der Waals surface area (Å²) >= 11 is 0. The number of ether oxygens (including phenoxy) is 1. The maximum absolute atomic E-state index is 12.5. The lowest BCUT2D eigenvalue weighted by Crippen LogP contribution is -2.18. The van der Waals surface area contributed by atoms with Crippen LogP contribution in [0.3, 0.4) is 0 Å². The zero-order chi connectivity index (χ0) is 24.0. The molecule has 0 fully saturated rings. The largest absolute Gasteiger partial charge is 0.495 e. The number of nitrogens with zero attached hydrogens (tertiary/aromatic N) is 1. The van der Waals surface area contributed by atoms with E-state index in [0.29, 0.717) is 40.4 Å². The van der Waals surface area contributed by atoms with Crippen LogP contribution in [0.5, 0.6) is 5.75 Å². The second-order valence-corrected chi connectivity index (χ2v) is 7.45. The van der Waals surface area contributed by atoms with Crippen molar-refractivity contribution < 1.29 is 14.3 Å². The zero-order valence-electron chi connectivity index (χ0n) is 18.6. The quantitative estimate of drug-likeness (QED) is 0.513. The van der Waals surface area contributed by atoms with Crippen LogP contribution in [0.1, 0.15) is 39.2 Å². The third-order valence-electron chi connectivity index (χ3n) is 5.31. The number of carbonyl (C=O) groups is 2. The number of nitriles is 1. The predicted molar refractivity (Wildman–Crippen MR) is 126 cm³/mol. The van der Waals surface area contributed by atoms with Gasteiger partial charge >= 0.3 is 0 Å². The summed E-state index contributed by atoms with van der Waals surface area (Å²) in [6, 6.07) is 15.6. The zero-order valence-corrected chi connectivity index (χ0v) is 18.6. The van der Waals surface area contributed by atoms with Gasteiger partial charge in [-0.3, -0.25) is 14.4 Å². The lowest BCUT2D eigenvalue weighted by atomic mass is 9.99. The highest BCUT2D eigenvalue weighted by molar-refractivity contribution is 6.05. The Balaban J connectivity index is 1.61. The van der Waals surface area contributed by atoms with Gasteiger partial charge in [0.15, 0.2) is 0 Å². The molecule has 33 heavy (non-hydrogen) atoms. The van der Waals surface area contributed by atoms with Crippen LogP contribution in [0.2, 0.25) is 0 Å². The summed E-state index contributed by atoms with van der Waals surface area (Å²) in [5.74, 6) is 0.0454. The van der Waals surface area contributed by atoms with Gasteiger partial charge in [0, 0.05) is 23.4 Å². The Morgan fingerprint density at radius 2 is 1.76 bits per heavy atom. The normalized spacial score (nSPS) is 10.2. The number of aryl methyl sites for hydroxylation is 1. The van der Waals surface area contributed by atoms with Gasteiger partial charge in [-0.05, 0) is 67.8 Å². The first kappa shape index (κ1) is 23.3. The second kappa shape index (κ2) is 10.3. The maximum Gasteiger partial charge on any atom is 0.266 e. The average molecular weight is 444 g/mol. The van der Waals surface area contributed by atoms with E-state index in [1.807, 2.05) is 12.1 Å². The van der Waals surface area contributed by atoms with Crippen molar-refractivity contribution in [2.45, 2.75) is 26.7 Å². The number of rotatable bonds is 7. The average Bonchev–Trinajstić information content (AvgIpc) is 2.79. The van der Waals surface area contributed by atoms with Crippen molar-refractivity contribution in [3.05, 3.63) is 86.8 Å². The Morgan fingerprint density at radius 1 is 1.06 bits per heavy atom. The summed E-state index contributed by atoms with van der Waals surface area (Å²) in [7, 11) is 1.53. The van der Waals surface area contributed by atoms with E-state index < -0.39 is 5.56 Å². The number of hydrogen-bond acceptors (Lipinski definition) is 5. The van der Waals surface area contributed by atoms with Crippen LogP contribution in [0, 0.1) is 25.2 Å². The number of aromatic nitrogens is 1. The van der Waals surface area contributed by atoms with Gasteiger partial charge in [-0.2, -0.15) is 5.26 Å². The standard InChI is InChI=1S/C25H24N4O4/c1-15-19(16(2)27-25(32)20(15)14-26)12-13-23(30)28-18-10-8-17(9-11-18)24(31)29-21-6-4-5-7-22(21)33-3/h4-11H,12-13H2,1-3H3,(H,27,32)(H,28,30)(H,29,31). The molecular weight excluding hydrogens is 420 g/mol. The van der Waals surface area contributed by atoms with Crippen LogP contribution in [0.15, 0.2) is 53.3 Å². The Morgan fingerprint density at radius 3 is 2.42 bits per heavy atom. The van der Waals surface area contributed by atoms with Gasteiger partial charge in [0.05, 0.1) is 12.8 Å². The summed E-state index contributed by atoms with van der Waals surface area (Å²) in [5, 5.41) is 14.8. The maximum atomic E-state index is 12.5. The number of benzene rings is 2. The molecule has 2 aromatic carbocycles. The topological polar surface area (TPSA) is 124 Å². The van der Waals surface area contributed by atoms with Gasteiger partial charge in [-0.1, -0.05) is 12.1 Å². The number of amides is 2. The lowest BCUT2D eigenvalue weighted by molar-refractivity contribution is -0.116. The molecule has 8 heteroatoms. The van der Waals surface area contributed by atoms with Gasteiger partial charge in [-0.15, -0.1) is 0 Å². The smallest absolute Gasteiger partial charge is 0.266 e. The molecule has 0 spiro atoms. The summed E-state index contributed by atoms with van der Waals surface area (Å²) in [4.78, 5) is 39.4. The van der Waals surface area contributed by atoms with E-state index in [4.69, 9.17) is 4.74 Å². The van der Waals surface area contributed by atoms with E-state index in [-0.39, 0.29) is 23.8 Å². The third-order valence-corrected chi connectivity index (χ3v) is 5.31. The fourth-order valence-corrected chi connectivity index (χ4v) is 3.53. The molecule has 0 aliphatic carbocycles. The fourth-order valence-electron chi connectivity index (χ4n) is 3.53. The van der Waals surface area contributed by atoms with E-state index in [1.54, 1.807) is 56.3 Å². The molecular formula is C25H24N4O4. The van der Waals surface area contributed by atoms with Gasteiger partial charge in [-0.25, -0.2) is 0 Å². The number of nitrogens with one attached hydrogen (secondary N) is 3. The second-order valence-electron chi connectivity index (χ2n) is 7.45. The minimum Gasteiger partial charge on any atom is -0.495 e. The van der Waals surface area contributed by atoms with Crippen LogP contribution in [-0.2, 0) is 11.2 Å². The third kappa shape index (κ3) is 5.46. The molecule has 1 heterocycles. The van der Waals surface area contributed by atoms with Crippen LogP contribution < -0.4 is 20.9 Å². The van der Waals surface area contributed by atoms with E-state index in [0.717, 1.165) is 5.56 Å². The van der Waals surface area contributed by atoms with Crippen molar-refractivity contribution in [2.75, 3.05) is 17.7 Å². The number of aromatic amines is 1. The van der Waals surface area contributed by atoms with Crippen LogP contribution in [0.25, 0.3) is 0 Å². The fraction of sp³-hybridized carbons (Fsp3) is 0.200. The molecule has 0 unspecified atom stereocenters. The molecule has 0 bridgehead atoms. The molecule has 3 N–H and O–H groups in total. The predicted octanol–water partition coefficient (Wildman–Crippen LogP) is 3.70. The molecule has 3 rings (SSSR count). The highest BCUT2D eigenvalue weighted by Gasteiger charge is 2.14. The molecule has 1 aromatic heterocycles. The number of H-pyrrole nitrogens is 1. The first-order valence-corrected chi connectivity index (χ1v) is 10.3. The molecule has 0 radical (unpaired) electrons. The molecule has 0 saturated carbocycles. The first-order chi connectivity index (χ1) is 15.8. The van der Waals surface area contributed by atoms with Gasteiger partial charge < -0.3 is 20.4 Å². The van der Waals surface area contributed by atoms with Gasteiger partial charge in [0.1, 0.15) is 17.4 Å². The van der Waals surface area contributed by atoms with Crippen LogP contribution in [-0.4, -0.2) is 23.9 Å². The first-order valence-electron chi connectivity index (χ1n) is 10.3. The minimum atomic E-state index is -0.421. The highest BCUT2D eigenvalue weighted by Crippen LogP contribution is 2.24. The van der Waals surface area contributed by atoms with E-state index in [1.165, 1.54) is 7.11 Å². The monoisotopic (exact) mass is 444 g/mol.